The SMILES string of the molecule is O=C(CSc1nc2ccccc2[nH]1)OCC(=O)c1ccccc1. The molecule has 0 aliphatic carbocycles. The number of aromatic nitrogens is 2. The number of para-hydroxylation sites is 2. The van der Waals surface area contributed by atoms with Gasteiger partial charge >= 0.3 is 5.97 Å². The Balaban J connectivity index is 1.49. The molecule has 3 aromatic rings. The molecular weight excluding hydrogens is 312 g/mol. The number of benzene rings is 2. The molecule has 3 rings (SSSR count). The summed E-state index contributed by atoms with van der Waals surface area (Å²) in [5.74, 6) is -0.561. The Bertz CT molecular complexity index is 797. The van der Waals surface area contributed by atoms with E-state index in [0.29, 0.717) is 10.7 Å². The molecule has 116 valence electrons. The molecule has 5 nitrogen and oxygen atoms in total. The third kappa shape index (κ3) is 3.98. The molecule has 0 fully saturated rings. The number of nitrogens with one attached hydrogen (secondary N) is 1. The lowest BCUT2D eigenvalue weighted by atomic mass is 10.1. The summed E-state index contributed by atoms with van der Waals surface area (Å²) < 4.78 is 5.00. The fraction of sp³-hybridized carbons (Fsp3) is 0.118. The molecule has 1 aromatic heterocycles. The molecule has 2 aromatic carbocycles. The predicted molar refractivity (Wildman–Crippen MR) is 88.5 cm³/mol. The number of fused-ring (bicyclic) bond motifs is 1. The summed E-state index contributed by atoms with van der Waals surface area (Å²) in [4.78, 5) is 31.0. The number of H-pyrrole nitrogens is 1. The van der Waals surface area contributed by atoms with E-state index in [1.165, 1.54) is 11.8 Å². The van der Waals surface area contributed by atoms with Crippen molar-refractivity contribution in [1.29, 1.82) is 0 Å². The molecule has 1 N–H and O–H groups in total. The molecule has 0 unspecified atom stereocenters. The number of carbonyl (C=O) groups is 2. The van der Waals surface area contributed by atoms with Crippen LogP contribution in [0.15, 0.2) is 59.8 Å². The highest BCUT2D eigenvalue weighted by molar-refractivity contribution is 7.99. The summed E-state index contributed by atoms with van der Waals surface area (Å²) in [6, 6.07) is 16.4. The van der Waals surface area contributed by atoms with Gasteiger partial charge in [-0.15, -0.1) is 0 Å². The highest BCUT2D eigenvalue weighted by Crippen LogP contribution is 2.19. The third-order valence-electron chi connectivity index (χ3n) is 3.15. The zero-order valence-electron chi connectivity index (χ0n) is 12.2. The van der Waals surface area contributed by atoms with Gasteiger partial charge in [-0.1, -0.05) is 54.2 Å². The molecule has 1 heterocycles. The number of nitrogens with zero attached hydrogens (tertiary/aromatic N) is 1. The fourth-order valence-corrected chi connectivity index (χ4v) is 2.70. The normalized spacial score (nSPS) is 10.6. The van der Waals surface area contributed by atoms with Crippen molar-refractivity contribution in [3.05, 3.63) is 60.2 Å². The first kappa shape index (κ1) is 15.3. The predicted octanol–water partition coefficient (Wildman–Crippen LogP) is 3.08. The van der Waals surface area contributed by atoms with Gasteiger partial charge in [-0.2, -0.15) is 0 Å². The van der Waals surface area contributed by atoms with Crippen LogP contribution in [0.2, 0.25) is 0 Å². The Hall–Kier alpha value is -2.60. The maximum atomic E-state index is 11.8. The Morgan fingerprint density at radius 1 is 1.04 bits per heavy atom. The summed E-state index contributed by atoms with van der Waals surface area (Å²) in [6.07, 6.45) is 0. The number of aromatic amines is 1. The third-order valence-corrected chi connectivity index (χ3v) is 4.00. The lowest BCUT2D eigenvalue weighted by Crippen LogP contribution is -2.15. The second-order valence-electron chi connectivity index (χ2n) is 4.80. The number of imidazole rings is 1. The van der Waals surface area contributed by atoms with Crippen molar-refractivity contribution in [2.75, 3.05) is 12.4 Å². The van der Waals surface area contributed by atoms with Crippen molar-refractivity contribution in [3.8, 4) is 0 Å². The zero-order chi connectivity index (χ0) is 16.1. The summed E-state index contributed by atoms with van der Waals surface area (Å²) in [6.45, 7) is -0.246. The van der Waals surface area contributed by atoms with E-state index >= 15 is 0 Å². The largest absolute Gasteiger partial charge is 0.457 e. The molecule has 6 heteroatoms. The smallest absolute Gasteiger partial charge is 0.316 e. The van der Waals surface area contributed by atoms with E-state index in [9.17, 15) is 9.59 Å². The molecule has 0 aliphatic heterocycles. The summed E-state index contributed by atoms with van der Waals surface area (Å²) in [5, 5.41) is 0.650. The molecule has 23 heavy (non-hydrogen) atoms. The average Bonchev–Trinajstić information content (AvgIpc) is 3.01. The molecule has 0 spiro atoms. The topological polar surface area (TPSA) is 72.1 Å². The number of esters is 1. The first-order valence-corrected chi connectivity index (χ1v) is 8.02. The van der Waals surface area contributed by atoms with Gasteiger partial charge in [-0.25, -0.2) is 4.98 Å². The van der Waals surface area contributed by atoms with Crippen molar-refractivity contribution >= 4 is 34.5 Å². The molecule has 0 saturated heterocycles. The van der Waals surface area contributed by atoms with Gasteiger partial charge in [-0.05, 0) is 12.1 Å². The quantitative estimate of drug-likeness (QED) is 0.428. The van der Waals surface area contributed by atoms with Crippen LogP contribution in [0.3, 0.4) is 0 Å². The molecule has 0 saturated carbocycles. The van der Waals surface area contributed by atoms with Gasteiger partial charge in [-0.3, -0.25) is 9.59 Å². The fourth-order valence-electron chi connectivity index (χ4n) is 2.02. The molecule has 0 atom stereocenters. The maximum absolute atomic E-state index is 11.8. The van der Waals surface area contributed by atoms with E-state index in [1.54, 1.807) is 24.3 Å². The van der Waals surface area contributed by atoms with Gasteiger partial charge < -0.3 is 9.72 Å². The number of thioether (sulfide) groups is 1. The van der Waals surface area contributed by atoms with Crippen LogP contribution < -0.4 is 0 Å². The zero-order valence-corrected chi connectivity index (χ0v) is 13.0. The van der Waals surface area contributed by atoms with Crippen LogP contribution >= 0.6 is 11.8 Å². The van der Waals surface area contributed by atoms with Crippen molar-refractivity contribution < 1.29 is 14.3 Å². The van der Waals surface area contributed by atoms with Crippen LogP contribution in [0, 0.1) is 0 Å². The van der Waals surface area contributed by atoms with Crippen LogP contribution in [0.1, 0.15) is 10.4 Å². The summed E-state index contributed by atoms with van der Waals surface area (Å²) in [7, 11) is 0. The molecule has 0 aliphatic rings. The molecule has 0 amide bonds. The van der Waals surface area contributed by atoms with Gasteiger partial charge in [0.15, 0.2) is 17.5 Å². The van der Waals surface area contributed by atoms with Gasteiger partial charge in [0.1, 0.15) is 0 Å². The van der Waals surface area contributed by atoms with Crippen LogP contribution in [-0.4, -0.2) is 34.1 Å². The van der Waals surface area contributed by atoms with E-state index in [0.717, 1.165) is 11.0 Å². The second-order valence-corrected chi connectivity index (χ2v) is 5.76. The van der Waals surface area contributed by atoms with Crippen LogP contribution in [-0.2, 0) is 9.53 Å². The minimum atomic E-state index is -0.445. The average molecular weight is 326 g/mol. The number of hydrogen-bond donors (Lipinski definition) is 1. The summed E-state index contributed by atoms with van der Waals surface area (Å²) >= 11 is 1.25. The van der Waals surface area contributed by atoms with Crippen LogP contribution in [0.4, 0.5) is 0 Å². The molecular formula is C17H14N2O3S. The Labute approximate surface area is 137 Å². The van der Waals surface area contributed by atoms with E-state index in [-0.39, 0.29) is 18.1 Å². The Morgan fingerprint density at radius 2 is 1.78 bits per heavy atom. The molecule has 0 radical (unpaired) electrons. The maximum Gasteiger partial charge on any atom is 0.316 e. The summed E-state index contributed by atoms with van der Waals surface area (Å²) in [5.41, 5.74) is 2.30. The minimum absolute atomic E-state index is 0.0991. The number of ketones is 1. The monoisotopic (exact) mass is 326 g/mol. The highest BCUT2D eigenvalue weighted by atomic mass is 32.2. The van der Waals surface area contributed by atoms with Crippen molar-refractivity contribution in [3.63, 3.8) is 0 Å². The minimum Gasteiger partial charge on any atom is -0.457 e. The lowest BCUT2D eigenvalue weighted by Gasteiger charge is -2.03. The van der Waals surface area contributed by atoms with Gasteiger partial charge in [0.25, 0.3) is 0 Å². The van der Waals surface area contributed by atoms with Gasteiger partial charge in [0, 0.05) is 5.56 Å². The number of rotatable bonds is 6. The lowest BCUT2D eigenvalue weighted by molar-refractivity contribution is -0.139. The van der Waals surface area contributed by atoms with E-state index < -0.39 is 5.97 Å². The standard InChI is InChI=1S/C17H14N2O3S/c20-15(12-6-2-1-3-7-12)10-22-16(21)11-23-17-18-13-8-4-5-9-14(13)19-17/h1-9H,10-11H2,(H,18,19). The van der Waals surface area contributed by atoms with Gasteiger partial charge in [0.05, 0.1) is 16.8 Å². The Morgan fingerprint density at radius 3 is 2.57 bits per heavy atom. The number of Topliss-reactive ketones (excluding diaryl/α,β-unsaturated/α-hetero) is 1. The number of hydrogen-bond acceptors (Lipinski definition) is 5. The van der Waals surface area contributed by atoms with Crippen molar-refractivity contribution in [2.24, 2.45) is 0 Å². The molecule has 0 bridgehead atoms. The van der Waals surface area contributed by atoms with Crippen molar-refractivity contribution in [1.82, 2.24) is 9.97 Å². The van der Waals surface area contributed by atoms with Gasteiger partial charge in [0.2, 0.25) is 0 Å². The van der Waals surface area contributed by atoms with Crippen molar-refractivity contribution in [2.45, 2.75) is 5.16 Å². The van der Waals surface area contributed by atoms with Crippen LogP contribution in [0.25, 0.3) is 11.0 Å². The number of carbonyl (C=O) groups excluding carboxylic acids is 2. The van der Waals surface area contributed by atoms with E-state index in [1.807, 2.05) is 30.3 Å². The first-order valence-electron chi connectivity index (χ1n) is 7.04. The van der Waals surface area contributed by atoms with E-state index in [2.05, 4.69) is 9.97 Å². The van der Waals surface area contributed by atoms with Crippen LogP contribution in [0.5, 0.6) is 0 Å². The van der Waals surface area contributed by atoms with E-state index in [4.69, 9.17) is 4.74 Å². The first-order chi connectivity index (χ1) is 11.2. The highest BCUT2D eigenvalue weighted by Gasteiger charge is 2.11. The number of ether oxygens (including phenoxy) is 1. The second kappa shape index (κ2) is 7.11. The Kier molecular flexibility index (Phi) is 4.73.